The summed E-state index contributed by atoms with van der Waals surface area (Å²) in [5.41, 5.74) is 1.75. The highest BCUT2D eigenvalue weighted by atomic mass is 16.4. The molecule has 6 N–H and O–H groups in total. The molecule has 0 aliphatic carbocycles. The molecule has 0 bridgehead atoms. The molecule has 2 atom stereocenters. The molecule has 0 saturated carbocycles. The van der Waals surface area contributed by atoms with Crippen LogP contribution in [0.15, 0.2) is 72.8 Å². The van der Waals surface area contributed by atoms with Gasteiger partial charge in [0.15, 0.2) is 0 Å². The maximum absolute atomic E-state index is 10.3. The van der Waals surface area contributed by atoms with Crippen LogP contribution in [0.2, 0.25) is 0 Å². The van der Waals surface area contributed by atoms with Crippen molar-refractivity contribution in [2.75, 3.05) is 6.54 Å². The Balaban J connectivity index is 0.000000414. The zero-order valence-electron chi connectivity index (χ0n) is 18.0. The van der Waals surface area contributed by atoms with E-state index in [1.165, 1.54) is 34.5 Å². The summed E-state index contributed by atoms with van der Waals surface area (Å²) in [5.74, 6) is -2.63. The molecule has 0 heterocycles. The predicted octanol–water partition coefficient (Wildman–Crippen LogP) is 3.22. The van der Waals surface area contributed by atoms with Gasteiger partial charge in [-0.25, -0.2) is 9.59 Å². The highest BCUT2D eigenvalue weighted by Crippen LogP contribution is 2.25. The minimum atomic E-state index is -1.26. The zero-order valence-corrected chi connectivity index (χ0v) is 18.0. The Kier molecular flexibility index (Phi) is 9.41. The van der Waals surface area contributed by atoms with Crippen molar-refractivity contribution in [3.05, 3.63) is 83.9 Å². The van der Waals surface area contributed by atoms with Gasteiger partial charge in [-0.05, 0) is 47.4 Å². The molecule has 0 aromatic heterocycles. The number of nitrogens with one attached hydrogen (secondary N) is 1. The van der Waals surface area contributed by atoms with E-state index in [0.717, 1.165) is 6.42 Å². The van der Waals surface area contributed by atoms with Crippen LogP contribution < -0.4 is 5.32 Å². The molecular formula is C25H27NO7. The first-order chi connectivity index (χ1) is 15.7. The summed E-state index contributed by atoms with van der Waals surface area (Å²) in [5, 5.41) is 50.7. The summed E-state index contributed by atoms with van der Waals surface area (Å²) >= 11 is 0. The second kappa shape index (κ2) is 12.2. The Labute approximate surface area is 191 Å². The topological polar surface area (TPSA) is 147 Å². The van der Waals surface area contributed by atoms with E-state index in [9.17, 15) is 24.9 Å². The van der Waals surface area contributed by atoms with Crippen LogP contribution in [0.3, 0.4) is 0 Å². The van der Waals surface area contributed by atoms with E-state index in [0.29, 0.717) is 24.3 Å². The van der Waals surface area contributed by atoms with E-state index in [1.807, 2.05) is 12.1 Å². The number of aliphatic hydroxyl groups is 1. The van der Waals surface area contributed by atoms with Crippen LogP contribution in [0.4, 0.5) is 0 Å². The molecule has 0 saturated heterocycles. The molecule has 0 amide bonds. The van der Waals surface area contributed by atoms with E-state index in [4.69, 9.17) is 10.2 Å². The van der Waals surface area contributed by atoms with Gasteiger partial charge in [0.2, 0.25) is 0 Å². The summed E-state index contributed by atoms with van der Waals surface area (Å²) in [6, 6.07) is 18.9. The quantitative estimate of drug-likeness (QED) is 0.285. The summed E-state index contributed by atoms with van der Waals surface area (Å²) in [6.07, 6.45) is 1.16. The molecule has 3 rings (SSSR count). The minimum absolute atomic E-state index is 0.0575. The Morgan fingerprint density at radius 2 is 1.48 bits per heavy atom. The number of hydrogen-bond donors (Lipinski definition) is 6. The van der Waals surface area contributed by atoms with Gasteiger partial charge < -0.3 is 30.8 Å². The highest BCUT2D eigenvalue weighted by molar-refractivity contribution is 5.89. The molecule has 0 aliphatic rings. The number of carboxylic acid groups (broad SMARTS) is 2. The lowest BCUT2D eigenvalue weighted by molar-refractivity contribution is -0.134. The normalized spacial score (nSPS) is 12.7. The number of benzene rings is 3. The van der Waals surface area contributed by atoms with Crippen LogP contribution in [-0.4, -0.2) is 50.1 Å². The lowest BCUT2D eigenvalue weighted by Gasteiger charge is -2.18. The fourth-order valence-corrected chi connectivity index (χ4v) is 3.26. The van der Waals surface area contributed by atoms with Crippen LogP contribution in [0, 0.1) is 0 Å². The molecular weight excluding hydrogens is 426 g/mol. The Hall–Kier alpha value is -3.88. The van der Waals surface area contributed by atoms with Gasteiger partial charge in [0.05, 0.1) is 6.10 Å². The Morgan fingerprint density at radius 1 is 0.909 bits per heavy atom. The van der Waals surface area contributed by atoms with Crippen LogP contribution in [0.1, 0.15) is 24.2 Å². The molecule has 33 heavy (non-hydrogen) atoms. The van der Waals surface area contributed by atoms with Crippen molar-refractivity contribution < 1.29 is 35.1 Å². The molecule has 3 aromatic carbocycles. The third-order valence-electron chi connectivity index (χ3n) is 4.74. The molecule has 8 heteroatoms. The number of hydrogen-bond acceptors (Lipinski definition) is 6. The van der Waals surface area contributed by atoms with E-state index >= 15 is 0 Å². The van der Waals surface area contributed by atoms with E-state index in [2.05, 4.69) is 42.6 Å². The maximum Gasteiger partial charge on any atom is 0.328 e. The first kappa shape index (κ1) is 25.4. The number of carboxylic acids is 2. The third kappa shape index (κ3) is 8.64. The predicted molar refractivity (Wildman–Crippen MR) is 124 cm³/mol. The smallest absolute Gasteiger partial charge is 0.328 e. The monoisotopic (exact) mass is 453 g/mol. The van der Waals surface area contributed by atoms with E-state index in [-0.39, 0.29) is 17.5 Å². The summed E-state index contributed by atoms with van der Waals surface area (Å²) in [6.45, 7) is 2.42. The Morgan fingerprint density at radius 3 is 2.09 bits per heavy atom. The molecule has 0 spiro atoms. The van der Waals surface area contributed by atoms with Crippen molar-refractivity contribution in [2.45, 2.75) is 25.5 Å². The number of aliphatic hydroxyl groups excluding tert-OH is 1. The first-order valence-electron chi connectivity index (χ1n) is 10.2. The van der Waals surface area contributed by atoms with E-state index in [1.54, 1.807) is 0 Å². The average Bonchev–Trinajstić information content (AvgIpc) is 2.76. The summed E-state index contributed by atoms with van der Waals surface area (Å²) in [4.78, 5) is 19.1. The van der Waals surface area contributed by atoms with Crippen molar-refractivity contribution in [1.82, 2.24) is 5.32 Å². The van der Waals surface area contributed by atoms with Crippen molar-refractivity contribution in [3.8, 4) is 11.5 Å². The molecule has 3 aromatic rings. The number of phenolic OH excluding ortho intramolecular Hbond substituents is 2. The Bertz CT molecular complexity index is 1090. The zero-order chi connectivity index (χ0) is 24.4. The number of aliphatic carboxylic acids is 2. The first-order valence-corrected chi connectivity index (χ1v) is 10.2. The molecule has 0 unspecified atom stereocenters. The van der Waals surface area contributed by atoms with Gasteiger partial charge in [-0.2, -0.15) is 0 Å². The summed E-state index contributed by atoms with van der Waals surface area (Å²) < 4.78 is 0. The van der Waals surface area contributed by atoms with Gasteiger partial charge in [0.25, 0.3) is 0 Å². The van der Waals surface area contributed by atoms with Gasteiger partial charge in [-0.3, -0.25) is 0 Å². The van der Waals surface area contributed by atoms with Crippen LogP contribution in [0.5, 0.6) is 11.5 Å². The SMILES string of the molecule is C[C@H](Cc1cccc2ccccc12)NC[C@H](O)c1cc(O)cc(O)c1.O=C(O)/C=C/C(=O)O. The summed E-state index contributed by atoms with van der Waals surface area (Å²) in [7, 11) is 0. The van der Waals surface area contributed by atoms with Crippen molar-refractivity contribution in [1.29, 1.82) is 0 Å². The molecule has 0 radical (unpaired) electrons. The second-order valence-corrected chi connectivity index (χ2v) is 7.46. The van der Waals surface area contributed by atoms with Crippen LogP contribution in [-0.2, 0) is 16.0 Å². The van der Waals surface area contributed by atoms with Crippen molar-refractivity contribution >= 4 is 22.7 Å². The lowest BCUT2D eigenvalue weighted by atomic mass is 9.99. The standard InChI is InChI=1S/C21H23NO3.C4H4O4/c1-14(9-16-7-4-6-15-5-2-3-8-20(15)16)22-13-21(25)17-10-18(23)12-19(24)11-17;5-3(6)1-2-4(7)8/h2-8,10-12,14,21-25H,9,13H2,1H3;1-2H,(H,5,6)(H,7,8)/b;2-1+/t14-,21+;/m1./s1. The molecule has 0 fully saturated rings. The minimum Gasteiger partial charge on any atom is -0.508 e. The van der Waals surface area contributed by atoms with Gasteiger partial charge in [-0.1, -0.05) is 42.5 Å². The fourth-order valence-electron chi connectivity index (χ4n) is 3.26. The van der Waals surface area contributed by atoms with Gasteiger partial charge >= 0.3 is 11.9 Å². The van der Waals surface area contributed by atoms with Crippen molar-refractivity contribution in [2.24, 2.45) is 0 Å². The van der Waals surface area contributed by atoms with Crippen LogP contribution >= 0.6 is 0 Å². The van der Waals surface area contributed by atoms with Crippen molar-refractivity contribution in [3.63, 3.8) is 0 Å². The van der Waals surface area contributed by atoms with Gasteiger partial charge in [0.1, 0.15) is 11.5 Å². The number of fused-ring (bicyclic) bond motifs is 1. The second-order valence-electron chi connectivity index (χ2n) is 7.46. The molecule has 174 valence electrons. The largest absolute Gasteiger partial charge is 0.508 e. The van der Waals surface area contributed by atoms with E-state index < -0.39 is 18.0 Å². The van der Waals surface area contributed by atoms with Gasteiger partial charge in [-0.15, -0.1) is 0 Å². The molecule has 8 nitrogen and oxygen atoms in total. The maximum atomic E-state index is 10.3. The van der Waals surface area contributed by atoms with Crippen LogP contribution in [0.25, 0.3) is 10.8 Å². The number of phenols is 2. The number of rotatable bonds is 8. The number of carbonyl (C=O) groups is 2. The highest BCUT2D eigenvalue weighted by Gasteiger charge is 2.12. The average molecular weight is 453 g/mol. The molecule has 0 aliphatic heterocycles. The van der Waals surface area contributed by atoms with Gasteiger partial charge in [0, 0.05) is 30.8 Å². The number of aromatic hydroxyl groups is 2. The lowest BCUT2D eigenvalue weighted by Crippen LogP contribution is -2.32. The fraction of sp³-hybridized carbons (Fsp3) is 0.200. The third-order valence-corrected chi connectivity index (χ3v) is 4.74.